The minimum atomic E-state index is -0.547. The summed E-state index contributed by atoms with van der Waals surface area (Å²) in [5.74, 6) is 0.349. The van der Waals surface area contributed by atoms with E-state index in [0.29, 0.717) is 32.4 Å². The number of piperidine rings is 1. The maximum Gasteiger partial charge on any atom is 0.222 e. The standard InChI is InChI=1S/C17H30N2O3/c1-18(14-11-17(22)9-3-4-10-17)15(20)8-6-13-19-12-5-2-7-16(19)21/h22H,2-14H2,1H3. The second kappa shape index (κ2) is 7.95. The van der Waals surface area contributed by atoms with Crippen molar-refractivity contribution < 1.29 is 14.7 Å². The molecular formula is C17H30N2O3. The first kappa shape index (κ1) is 17.3. The molecule has 1 N–H and O–H groups in total. The highest BCUT2D eigenvalue weighted by atomic mass is 16.3. The molecule has 0 aromatic heterocycles. The Bertz CT molecular complexity index is 391. The first-order valence-corrected chi connectivity index (χ1v) is 8.74. The maximum absolute atomic E-state index is 12.1. The molecule has 5 heteroatoms. The van der Waals surface area contributed by atoms with Crippen LogP contribution in [-0.2, 0) is 9.59 Å². The second-order valence-electron chi connectivity index (χ2n) is 6.94. The van der Waals surface area contributed by atoms with Crippen molar-refractivity contribution in [2.24, 2.45) is 0 Å². The number of hydrogen-bond acceptors (Lipinski definition) is 3. The molecule has 0 bridgehead atoms. The molecule has 0 radical (unpaired) electrons. The predicted octanol–water partition coefficient (Wildman–Crippen LogP) is 1.93. The van der Waals surface area contributed by atoms with E-state index >= 15 is 0 Å². The Labute approximate surface area is 133 Å². The summed E-state index contributed by atoms with van der Waals surface area (Å²) in [6.45, 7) is 2.16. The van der Waals surface area contributed by atoms with Gasteiger partial charge in [-0.05, 0) is 38.5 Å². The van der Waals surface area contributed by atoms with Gasteiger partial charge in [0.2, 0.25) is 11.8 Å². The van der Waals surface area contributed by atoms with E-state index in [-0.39, 0.29) is 11.8 Å². The van der Waals surface area contributed by atoms with Crippen LogP contribution in [0.5, 0.6) is 0 Å². The molecule has 0 aromatic rings. The van der Waals surface area contributed by atoms with E-state index in [9.17, 15) is 14.7 Å². The van der Waals surface area contributed by atoms with Gasteiger partial charge >= 0.3 is 0 Å². The number of hydrogen-bond donors (Lipinski definition) is 1. The lowest BCUT2D eigenvalue weighted by molar-refractivity contribution is -0.135. The average Bonchev–Trinajstić information content (AvgIpc) is 2.94. The van der Waals surface area contributed by atoms with Crippen LogP contribution in [0.4, 0.5) is 0 Å². The van der Waals surface area contributed by atoms with Crippen molar-refractivity contribution in [3.8, 4) is 0 Å². The molecule has 0 spiro atoms. The van der Waals surface area contributed by atoms with Crippen LogP contribution in [0.1, 0.15) is 64.2 Å². The van der Waals surface area contributed by atoms with Gasteiger partial charge in [0.15, 0.2) is 0 Å². The third-order valence-corrected chi connectivity index (χ3v) is 5.11. The number of carbonyl (C=O) groups excluding carboxylic acids is 2. The van der Waals surface area contributed by atoms with Gasteiger partial charge in [0.25, 0.3) is 0 Å². The zero-order chi connectivity index (χ0) is 16.0. The summed E-state index contributed by atoms with van der Waals surface area (Å²) in [5.41, 5.74) is -0.547. The summed E-state index contributed by atoms with van der Waals surface area (Å²) in [6.07, 6.45) is 8.57. The van der Waals surface area contributed by atoms with Crippen LogP contribution >= 0.6 is 0 Å². The Morgan fingerprint density at radius 2 is 2.00 bits per heavy atom. The van der Waals surface area contributed by atoms with Crippen LogP contribution < -0.4 is 0 Å². The minimum Gasteiger partial charge on any atom is -0.390 e. The van der Waals surface area contributed by atoms with Crippen LogP contribution in [0.3, 0.4) is 0 Å². The number of carbonyl (C=O) groups is 2. The Morgan fingerprint density at radius 1 is 1.27 bits per heavy atom. The van der Waals surface area contributed by atoms with Crippen LogP contribution in [0.25, 0.3) is 0 Å². The molecule has 2 amide bonds. The average molecular weight is 310 g/mol. The molecule has 0 atom stereocenters. The number of likely N-dealkylation sites (tertiary alicyclic amines) is 1. The normalized spacial score (nSPS) is 21.2. The van der Waals surface area contributed by atoms with Gasteiger partial charge in [-0.2, -0.15) is 0 Å². The minimum absolute atomic E-state index is 0.117. The molecule has 1 saturated carbocycles. The molecule has 0 unspecified atom stereocenters. The second-order valence-corrected chi connectivity index (χ2v) is 6.94. The largest absolute Gasteiger partial charge is 0.390 e. The monoisotopic (exact) mass is 310 g/mol. The first-order valence-electron chi connectivity index (χ1n) is 8.74. The van der Waals surface area contributed by atoms with E-state index in [1.807, 2.05) is 11.9 Å². The SMILES string of the molecule is CN(CCC1(O)CCCC1)C(=O)CCCN1CCCCC1=O. The lowest BCUT2D eigenvalue weighted by Gasteiger charge is -2.27. The fraction of sp³-hybridized carbons (Fsp3) is 0.882. The zero-order valence-electron chi connectivity index (χ0n) is 13.9. The van der Waals surface area contributed by atoms with Gasteiger partial charge in [-0.3, -0.25) is 9.59 Å². The summed E-state index contributed by atoms with van der Waals surface area (Å²) in [6, 6.07) is 0. The summed E-state index contributed by atoms with van der Waals surface area (Å²) in [7, 11) is 1.81. The highest BCUT2D eigenvalue weighted by Gasteiger charge is 2.31. The number of aliphatic hydroxyl groups is 1. The Morgan fingerprint density at radius 3 is 2.68 bits per heavy atom. The van der Waals surface area contributed by atoms with Crippen molar-refractivity contribution in [3.05, 3.63) is 0 Å². The number of nitrogens with zero attached hydrogens (tertiary/aromatic N) is 2. The van der Waals surface area contributed by atoms with Crippen molar-refractivity contribution in [1.82, 2.24) is 9.80 Å². The highest BCUT2D eigenvalue weighted by molar-refractivity contribution is 5.77. The number of amides is 2. The van der Waals surface area contributed by atoms with Gasteiger partial charge in [0, 0.05) is 39.5 Å². The lowest BCUT2D eigenvalue weighted by atomic mass is 9.98. The van der Waals surface area contributed by atoms with Crippen LogP contribution in [0.15, 0.2) is 0 Å². The molecule has 1 heterocycles. The van der Waals surface area contributed by atoms with Crippen LogP contribution in [0.2, 0.25) is 0 Å². The molecule has 5 nitrogen and oxygen atoms in total. The van der Waals surface area contributed by atoms with Crippen molar-refractivity contribution in [2.75, 3.05) is 26.7 Å². The van der Waals surface area contributed by atoms with E-state index in [1.165, 1.54) is 0 Å². The Kier molecular flexibility index (Phi) is 6.24. The van der Waals surface area contributed by atoms with Crippen molar-refractivity contribution in [3.63, 3.8) is 0 Å². The van der Waals surface area contributed by atoms with E-state index in [0.717, 1.165) is 51.5 Å². The fourth-order valence-corrected chi connectivity index (χ4v) is 3.49. The van der Waals surface area contributed by atoms with Crippen molar-refractivity contribution >= 4 is 11.8 Å². The molecule has 1 aliphatic heterocycles. The van der Waals surface area contributed by atoms with E-state index in [4.69, 9.17) is 0 Å². The third-order valence-electron chi connectivity index (χ3n) is 5.11. The molecule has 0 aromatic carbocycles. The molecule has 1 aliphatic carbocycles. The smallest absolute Gasteiger partial charge is 0.222 e. The van der Waals surface area contributed by atoms with Gasteiger partial charge < -0.3 is 14.9 Å². The third kappa shape index (κ3) is 4.97. The molecule has 2 aliphatic rings. The Balaban J connectivity index is 1.62. The topological polar surface area (TPSA) is 60.9 Å². The summed E-state index contributed by atoms with van der Waals surface area (Å²) < 4.78 is 0. The number of rotatable bonds is 7. The van der Waals surface area contributed by atoms with E-state index in [1.54, 1.807) is 4.90 Å². The van der Waals surface area contributed by atoms with Gasteiger partial charge in [0.1, 0.15) is 0 Å². The highest BCUT2D eigenvalue weighted by Crippen LogP contribution is 2.32. The zero-order valence-corrected chi connectivity index (χ0v) is 13.9. The van der Waals surface area contributed by atoms with E-state index in [2.05, 4.69) is 0 Å². The van der Waals surface area contributed by atoms with Crippen molar-refractivity contribution in [1.29, 1.82) is 0 Å². The summed E-state index contributed by atoms with van der Waals surface area (Å²) in [5, 5.41) is 10.3. The first-order chi connectivity index (χ1) is 10.5. The van der Waals surface area contributed by atoms with Gasteiger partial charge in [-0.25, -0.2) is 0 Å². The molecule has 2 fully saturated rings. The van der Waals surface area contributed by atoms with Gasteiger partial charge in [-0.1, -0.05) is 12.8 Å². The predicted molar refractivity (Wildman–Crippen MR) is 85.3 cm³/mol. The quantitative estimate of drug-likeness (QED) is 0.781. The molecule has 1 saturated heterocycles. The summed E-state index contributed by atoms with van der Waals surface area (Å²) in [4.78, 5) is 27.4. The van der Waals surface area contributed by atoms with Crippen LogP contribution in [-0.4, -0.2) is 59.0 Å². The van der Waals surface area contributed by atoms with E-state index < -0.39 is 5.60 Å². The molecule has 2 rings (SSSR count). The summed E-state index contributed by atoms with van der Waals surface area (Å²) >= 11 is 0. The fourth-order valence-electron chi connectivity index (χ4n) is 3.49. The lowest BCUT2D eigenvalue weighted by Crippen LogP contribution is -2.37. The molecular weight excluding hydrogens is 280 g/mol. The molecule has 126 valence electrons. The van der Waals surface area contributed by atoms with Gasteiger partial charge in [0.05, 0.1) is 5.60 Å². The van der Waals surface area contributed by atoms with Gasteiger partial charge in [-0.15, -0.1) is 0 Å². The molecule has 22 heavy (non-hydrogen) atoms. The Hall–Kier alpha value is -1.10. The maximum atomic E-state index is 12.1. The van der Waals surface area contributed by atoms with Crippen LogP contribution in [0, 0.1) is 0 Å². The van der Waals surface area contributed by atoms with Crippen molar-refractivity contribution in [2.45, 2.75) is 69.8 Å².